The van der Waals surface area contributed by atoms with E-state index in [9.17, 15) is 0 Å². The summed E-state index contributed by atoms with van der Waals surface area (Å²) < 4.78 is 11.0. The molecule has 6 nitrogen and oxygen atoms in total. The summed E-state index contributed by atoms with van der Waals surface area (Å²) in [5.41, 5.74) is 0. The smallest absolute Gasteiger partial charge is 0.191 e. The van der Waals surface area contributed by atoms with Crippen molar-refractivity contribution in [1.82, 2.24) is 15.5 Å². The van der Waals surface area contributed by atoms with Crippen LogP contribution in [0.3, 0.4) is 0 Å². The molecule has 2 rings (SSSR count). The molecule has 1 fully saturated rings. The molecule has 1 unspecified atom stereocenters. The van der Waals surface area contributed by atoms with Gasteiger partial charge in [-0.2, -0.15) is 0 Å². The summed E-state index contributed by atoms with van der Waals surface area (Å²) in [4.78, 5) is 6.77. The first-order valence-corrected chi connectivity index (χ1v) is 7.12. The fourth-order valence-corrected chi connectivity index (χ4v) is 2.10. The second-order valence-corrected chi connectivity index (χ2v) is 4.91. The van der Waals surface area contributed by atoms with Gasteiger partial charge in [-0.25, -0.2) is 4.99 Å². The monoisotopic (exact) mass is 280 g/mol. The third-order valence-electron chi connectivity index (χ3n) is 3.16. The lowest BCUT2D eigenvalue weighted by atomic mass is 10.3. The number of likely N-dealkylation sites (N-methyl/N-ethyl adjacent to an activating group) is 1. The second-order valence-electron chi connectivity index (χ2n) is 4.91. The van der Waals surface area contributed by atoms with E-state index < -0.39 is 0 Å². The SMILES string of the molecule is CCNC(=NCc1ccco1)NCC1CN(C)CCO1. The summed E-state index contributed by atoms with van der Waals surface area (Å²) in [6, 6.07) is 3.79. The number of guanidine groups is 1. The summed E-state index contributed by atoms with van der Waals surface area (Å²) in [5.74, 6) is 1.65. The van der Waals surface area contributed by atoms with Gasteiger partial charge >= 0.3 is 0 Å². The molecule has 1 aromatic heterocycles. The highest BCUT2D eigenvalue weighted by molar-refractivity contribution is 5.79. The minimum absolute atomic E-state index is 0.209. The van der Waals surface area contributed by atoms with Crippen molar-refractivity contribution >= 4 is 5.96 Å². The van der Waals surface area contributed by atoms with Crippen LogP contribution in [0.15, 0.2) is 27.8 Å². The van der Waals surface area contributed by atoms with Crippen molar-refractivity contribution in [2.45, 2.75) is 19.6 Å². The predicted octanol–water partition coefficient (Wildman–Crippen LogP) is 0.665. The van der Waals surface area contributed by atoms with Crippen LogP contribution in [0.25, 0.3) is 0 Å². The van der Waals surface area contributed by atoms with E-state index >= 15 is 0 Å². The van der Waals surface area contributed by atoms with Crippen LogP contribution in [-0.2, 0) is 11.3 Å². The Morgan fingerprint density at radius 1 is 1.50 bits per heavy atom. The van der Waals surface area contributed by atoms with E-state index in [0.29, 0.717) is 6.54 Å². The molecule has 0 saturated carbocycles. The van der Waals surface area contributed by atoms with E-state index in [4.69, 9.17) is 9.15 Å². The highest BCUT2D eigenvalue weighted by Gasteiger charge is 2.17. The van der Waals surface area contributed by atoms with Crippen molar-refractivity contribution in [3.05, 3.63) is 24.2 Å². The number of hydrogen-bond acceptors (Lipinski definition) is 4. The van der Waals surface area contributed by atoms with Crippen molar-refractivity contribution < 1.29 is 9.15 Å². The molecule has 0 aromatic carbocycles. The van der Waals surface area contributed by atoms with Crippen LogP contribution in [0.1, 0.15) is 12.7 Å². The van der Waals surface area contributed by atoms with Gasteiger partial charge in [0.05, 0.1) is 19.0 Å². The first-order chi connectivity index (χ1) is 9.78. The molecule has 1 saturated heterocycles. The van der Waals surface area contributed by atoms with Crippen molar-refractivity contribution in [3.8, 4) is 0 Å². The number of aliphatic imine (C=N–C) groups is 1. The third-order valence-corrected chi connectivity index (χ3v) is 3.16. The number of nitrogens with one attached hydrogen (secondary N) is 2. The lowest BCUT2D eigenvalue weighted by Gasteiger charge is -2.30. The summed E-state index contributed by atoms with van der Waals surface area (Å²) in [7, 11) is 2.12. The Morgan fingerprint density at radius 2 is 2.40 bits per heavy atom. The highest BCUT2D eigenvalue weighted by Crippen LogP contribution is 2.02. The minimum atomic E-state index is 0.209. The molecule has 1 atom stereocenters. The Hall–Kier alpha value is -1.53. The molecular weight excluding hydrogens is 256 g/mol. The van der Waals surface area contributed by atoms with E-state index in [-0.39, 0.29) is 6.10 Å². The Kier molecular flexibility index (Phi) is 5.88. The van der Waals surface area contributed by atoms with E-state index in [2.05, 4.69) is 34.5 Å². The Morgan fingerprint density at radius 3 is 3.10 bits per heavy atom. The van der Waals surface area contributed by atoms with Gasteiger partial charge in [-0.3, -0.25) is 0 Å². The van der Waals surface area contributed by atoms with Crippen LogP contribution in [0, 0.1) is 0 Å². The van der Waals surface area contributed by atoms with Crippen LogP contribution < -0.4 is 10.6 Å². The van der Waals surface area contributed by atoms with E-state index in [0.717, 1.165) is 44.5 Å². The van der Waals surface area contributed by atoms with Gasteiger partial charge in [-0.15, -0.1) is 0 Å². The molecule has 0 spiro atoms. The van der Waals surface area contributed by atoms with Crippen molar-refractivity contribution in [2.75, 3.05) is 39.8 Å². The van der Waals surface area contributed by atoms with Crippen molar-refractivity contribution in [2.24, 2.45) is 4.99 Å². The van der Waals surface area contributed by atoms with Gasteiger partial charge in [0.25, 0.3) is 0 Å². The zero-order valence-corrected chi connectivity index (χ0v) is 12.3. The van der Waals surface area contributed by atoms with Gasteiger partial charge in [0.1, 0.15) is 12.3 Å². The van der Waals surface area contributed by atoms with Gasteiger partial charge in [0.15, 0.2) is 5.96 Å². The maximum atomic E-state index is 5.72. The van der Waals surface area contributed by atoms with Crippen LogP contribution >= 0.6 is 0 Å². The lowest BCUT2D eigenvalue weighted by Crippen LogP contribution is -2.48. The summed E-state index contributed by atoms with van der Waals surface area (Å²) in [6.45, 7) is 6.92. The number of furan rings is 1. The highest BCUT2D eigenvalue weighted by atomic mass is 16.5. The number of rotatable bonds is 5. The molecule has 6 heteroatoms. The topological polar surface area (TPSA) is 62.0 Å². The van der Waals surface area contributed by atoms with Gasteiger partial charge < -0.3 is 24.7 Å². The second kappa shape index (κ2) is 7.91. The number of nitrogens with zero attached hydrogens (tertiary/aromatic N) is 2. The zero-order valence-electron chi connectivity index (χ0n) is 12.3. The molecule has 0 amide bonds. The number of morpholine rings is 1. The van der Waals surface area contributed by atoms with E-state index in [1.54, 1.807) is 6.26 Å². The fraction of sp³-hybridized carbons (Fsp3) is 0.643. The molecule has 1 aliphatic rings. The lowest BCUT2D eigenvalue weighted by molar-refractivity contribution is -0.0161. The number of hydrogen-bond donors (Lipinski definition) is 2. The van der Waals surface area contributed by atoms with Crippen molar-refractivity contribution in [1.29, 1.82) is 0 Å². The van der Waals surface area contributed by atoms with E-state index in [1.807, 2.05) is 12.1 Å². The molecular formula is C14H24N4O2. The van der Waals surface area contributed by atoms with Gasteiger partial charge in [0, 0.05) is 26.2 Å². The summed E-state index contributed by atoms with van der Waals surface area (Å²) >= 11 is 0. The Balaban J connectivity index is 1.80. The molecule has 0 aliphatic carbocycles. The maximum absolute atomic E-state index is 5.72. The van der Waals surface area contributed by atoms with E-state index in [1.165, 1.54) is 0 Å². The predicted molar refractivity (Wildman–Crippen MR) is 78.8 cm³/mol. The van der Waals surface area contributed by atoms with Gasteiger partial charge in [-0.05, 0) is 26.1 Å². The Labute approximate surface area is 120 Å². The quantitative estimate of drug-likeness (QED) is 0.613. The molecule has 1 aromatic rings. The Bertz CT molecular complexity index is 405. The molecule has 0 radical (unpaired) electrons. The van der Waals surface area contributed by atoms with Crippen LogP contribution in [0.5, 0.6) is 0 Å². The fourth-order valence-electron chi connectivity index (χ4n) is 2.10. The molecule has 0 bridgehead atoms. The minimum Gasteiger partial charge on any atom is -0.467 e. The van der Waals surface area contributed by atoms with Gasteiger partial charge in [-0.1, -0.05) is 0 Å². The molecule has 112 valence electrons. The van der Waals surface area contributed by atoms with Crippen LogP contribution in [-0.4, -0.2) is 56.8 Å². The average Bonchev–Trinajstić information content (AvgIpc) is 2.95. The third kappa shape index (κ3) is 4.86. The van der Waals surface area contributed by atoms with Crippen molar-refractivity contribution in [3.63, 3.8) is 0 Å². The molecule has 2 N–H and O–H groups in total. The molecule has 1 aliphatic heterocycles. The summed E-state index contributed by atoms with van der Waals surface area (Å²) in [6.07, 6.45) is 1.87. The largest absolute Gasteiger partial charge is 0.467 e. The molecule has 2 heterocycles. The standard InChI is InChI=1S/C14H24N4O2/c1-3-15-14(16-9-12-5-4-7-19-12)17-10-13-11-18(2)6-8-20-13/h4-5,7,13H,3,6,8-11H2,1-2H3,(H2,15,16,17). The van der Waals surface area contributed by atoms with Gasteiger partial charge in [0.2, 0.25) is 0 Å². The molecule has 20 heavy (non-hydrogen) atoms. The normalized spacial score (nSPS) is 20.9. The van der Waals surface area contributed by atoms with Crippen LogP contribution in [0.4, 0.5) is 0 Å². The van der Waals surface area contributed by atoms with Crippen LogP contribution in [0.2, 0.25) is 0 Å². The first kappa shape index (κ1) is 14.9. The first-order valence-electron chi connectivity index (χ1n) is 7.12. The maximum Gasteiger partial charge on any atom is 0.191 e. The zero-order chi connectivity index (χ0) is 14.2. The average molecular weight is 280 g/mol. The summed E-state index contributed by atoms with van der Waals surface area (Å²) in [5, 5.41) is 6.54. The number of ether oxygens (including phenoxy) is 1.